The molecule has 1 heterocycles. The molecule has 1 fully saturated rings. The fourth-order valence-electron chi connectivity index (χ4n) is 4.47. The summed E-state index contributed by atoms with van der Waals surface area (Å²) in [6.07, 6.45) is 3.64. The molecule has 246 valence electrons. The first-order chi connectivity index (χ1) is 19.4. The first kappa shape index (κ1) is 38.1. The van der Waals surface area contributed by atoms with Gasteiger partial charge in [0.1, 0.15) is 16.8 Å². The average molecular weight is 600 g/mol. The fraction of sp³-hybridized carbons (Fsp3) is 0.903. The molecule has 1 aliphatic heterocycles. The molecule has 0 aromatic heterocycles. The Balaban J connectivity index is 2.68. The van der Waals surface area contributed by atoms with Gasteiger partial charge in [0.05, 0.1) is 13.1 Å². The van der Waals surface area contributed by atoms with Crippen LogP contribution >= 0.6 is 0 Å². The molecule has 0 aromatic rings. The van der Waals surface area contributed by atoms with Crippen molar-refractivity contribution in [2.24, 2.45) is 0 Å². The molecular formula is C31H61N5O6. The van der Waals surface area contributed by atoms with Crippen molar-refractivity contribution in [1.82, 2.24) is 25.3 Å². The summed E-state index contributed by atoms with van der Waals surface area (Å²) in [7, 11) is 0. The van der Waals surface area contributed by atoms with E-state index in [1.807, 2.05) is 62.3 Å². The van der Waals surface area contributed by atoms with E-state index in [4.69, 9.17) is 14.2 Å². The number of hydrogen-bond donors (Lipinski definition) is 2. The Morgan fingerprint density at radius 3 is 1.48 bits per heavy atom. The first-order valence-corrected chi connectivity index (χ1v) is 15.7. The van der Waals surface area contributed by atoms with Gasteiger partial charge in [0, 0.05) is 58.9 Å². The van der Waals surface area contributed by atoms with Crippen molar-refractivity contribution in [2.45, 2.75) is 105 Å². The van der Waals surface area contributed by atoms with E-state index in [1.54, 1.807) is 0 Å². The Bertz CT molecular complexity index is 759. The van der Waals surface area contributed by atoms with Crippen LogP contribution in [0.15, 0.2) is 0 Å². The highest BCUT2D eigenvalue weighted by molar-refractivity contribution is 5.72. The Kier molecular flexibility index (Phi) is 16.9. The highest BCUT2D eigenvalue weighted by atomic mass is 16.6. The van der Waals surface area contributed by atoms with Crippen molar-refractivity contribution in [3.05, 3.63) is 0 Å². The third-order valence-electron chi connectivity index (χ3n) is 6.29. The molecule has 0 spiro atoms. The van der Waals surface area contributed by atoms with Gasteiger partial charge in [-0.1, -0.05) is 12.8 Å². The van der Waals surface area contributed by atoms with Crippen LogP contribution in [0.1, 0.15) is 88.0 Å². The minimum absolute atomic E-state index is 0.204. The van der Waals surface area contributed by atoms with E-state index in [-0.39, 0.29) is 31.1 Å². The number of carbonyl (C=O) groups is 3. The molecule has 0 radical (unpaired) electrons. The summed E-state index contributed by atoms with van der Waals surface area (Å²) in [4.78, 5) is 43.7. The molecule has 0 atom stereocenters. The quantitative estimate of drug-likeness (QED) is 0.208. The lowest BCUT2D eigenvalue weighted by Crippen LogP contribution is -2.47. The molecule has 0 saturated carbocycles. The van der Waals surface area contributed by atoms with Gasteiger partial charge in [-0.25, -0.2) is 4.79 Å². The molecule has 1 amide bonds. The molecule has 0 aromatic carbocycles. The first-order valence-electron chi connectivity index (χ1n) is 15.7. The Morgan fingerprint density at radius 2 is 1.02 bits per heavy atom. The van der Waals surface area contributed by atoms with Gasteiger partial charge < -0.3 is 29.7 Å². The van der Waals surface area contributed by atoms with E-state index in [0.29, 0.717) is 6.54 Å². The van der Waals surface area contributed by atoms with E-state index >= 15 is 0 Å². The summed E-state index contributed by atoms with van der Waals surface area (Å²) in [6.45, 7) is 25.1. The topological polar surface area (TPSA) is 113 Å². The summed E-state index contributed by atoms with van der Waals surface area (Å²) >= 11 is 0. The van der Waals surface area contributed by atoms with Crippen LogP contribution in [0.5, 0.6) is 0 Å². The monoisotopic (exact) mass is 599 g/mol. The molecule has 11 heteroatoms. The highest BCUT2D eigenvalue weighted by Crippen LogP contribution is 2.10. The lowest BCUT2D eigenvalue weighted by Gasteiger charge is -2.32. The third-order valence-corrected chi connectivity index (χ3v) is 6.29. The molecule has 0 unspecified atom stereocenters. The summed E-state index contributed by atoms with van der Waals surface area (Å²) in [5.74, 6) is -0.408. The van der Waals surface area contributed by atoms with E-state index in [2.05, 4.69) is 25.3 Å². The predicted octanol–water partition coefficient (Wildman–Crippen LogP) is 3.26. The number of amides is 1. The predicted molar refractivity (Wildman–Crippen MR) is 167 cm³/mol. The maximum Gasteiger partial charge on any atom is 0.407 e. The van der Waals surface area contributed by atoms with Gasteiger partial charge in [-0.05, 0) is 81.7 Å². The number of alkyl carbamates (subject to hydrolysis) is 1. The van der Waals surface area contributed by atoms with Crippen molar-refractivity contribution < 1.29 is 28.6 Å². The molecule has 1 aliphatic rings. The van der Waals surface area contributed by atoms with Gasteiger partial charge in [0.15, 0.2) is 0 Å². The van der Waals surface area contributed by atoms with Gasteiger partial charge >= 0.3 is 18.0 Å². The zero-order valence-electron chi connectivity index (χ0n) is 28.1. The Hall–Kier alpha value is -1.95. The van der Waals surface area contributed by atoms with Gasteiger partial charge in [0.25, 0.3) is 0 Å². The highest BCUT2D eigenvalue weighted by Gasteiger charge is 2.22. The number of hydrogen-bond acceptors (Lipinski definition) is 10. The van der Waals surface area contributed by atoms with E-state index in [1.165, 1.54) is 0 Å². The van der Waals surface area contributed by atoms with Crippen molar-refractivity contribution in [3.8, 4) is 0 Å². The molecule has 0 bridgehead atoms. The van der Waals surface area contributed by atoms with Crippen LogP contribution in [0.4, 0.5) is 4.79 Å². The minimum atomic E-state index is -0.506. The van der Waals surface area contributed by atoms with Crippen molar-refractivity contribution in [1.29, 1.82) is 0 Å². The molecule has 1 saturated heterocycles. The Labute approximate surface area is 255 Å². The van der Waals surface area contributed by atoms with Gasteiger partial charge in [-0.15, -0.1) is 0 Å². The lowest BCUT2D eigenvalue weighted by atomic mass is 10.2. The second-order valence-corrected chi connectivity index (χ2v) is 14.2. The van der Waals surface area contributed by atoms with Crippen molar-refractivity contribution >= 4 is 18.0 Å². The third kappa shape index (κ3) is 21.7. The van der Waals surface area contributed by atoms with E-state index in [0.717, 1.165) is 84.6 Å². The maximum absolute atomic E-state index is 12.6. The second-order valence-electron chi connectivity index (χ2n) is 14.2. The van der Waals surface area contributed by atoms with Gasteiger partial charge in [0.2, 0.25) is 0 Å². The van der Waals surface area contributed by atoms with Crippen molar-refractivity contribution in [2.75, 3.05) is 78.5 Å². The normalized spacial score (nSPS) is 17.5. The van der Waals surface area contributed by atoms with Crippen LogP contribution in [0.2, 0.25) is 0 Å². The van der Waals surface area contributed by atoms with Crippen LogP contribution in [0.3, 0.4) is 0 Å². The molecule has 0 aliphatic carbocycles. The number of nitrogens with one attached hydrogen (secondary N) is 2. The number of ether oxygens (including phenoxy) is 3. The summed E-state index contributed by atoms with van der Waals surface area (Å²) in [6, 6.07) is 0. The van der Waals surface area contributed by atoms with Crippen LogP contribution < -0.4 is 10.6 Å². The van der Waals surface area contributed by atoms with Crippen LogP contribution in [0.25, 0.3) is 0 Å². The lowest BCUT2D eigenvalue weighted by molar-refractivity contribution is -0.157. The SMILES string of the molecule is CC(C)(C)OC(=O)CN1CCNCCN(CC(=O)OC(C)(C)C)CCN(CCCCCCNC(=O)OC(C)(C)C)CC1. The van der Waals surface area contributed by atoms with E-state index < -0.39 is 16.8 Å². The summed E-state index contributed by atoms with van der Waals surface area (Å²) < 4.78 is 16.4. The standard InChI is InChI=1S/C31H61N5O6/c1-29(2,3)40-26(37)24-35-18-15-32-16-19-36(25-27(38)41-30(4,5)6)23-21-34(20-22-35)17-13-11-10-12-14-33-28(39)42-31(7,8)9/h32H,10-25H2,1-9H3,(H,33,39). The molecule has 42 heavy (non-hydrogen) atoms. The van der Waals surface area contributed by atoms with E-state index in [9.17, 15) is 14.4 Å². The van der Waals surface area contributed by atoms with Crippen LogP contribution in [0, 0.1) is 0 Å². The van der Waals surface area contributed by atoms with Gasteiger partial charge in [-0.3, -0.25) is 19.4 Å². The number of carbonyl (C=O) groups excluding carboxylic acids is 3. The molecule has 1 rings (SSSR count). The number of esters is 2. The Morgan fingerprint density at radius 1 is 0.595 bits per heavy atom. The average Bonchev–Trinajstić information content (AvgIpc) is 2.79. The summed E-state index contributed by atoms with van der Waals surface area (Å²) in [5, 5.41) is 6.28. The van der Waals surface area contributed by atoms with Gasteiger partial charge in [-0.2, -0.15) is 0 Å². The smallest absolute Gasteiger partial charge is 0.407 e. The zero-order valence-corrected chi connectivity index (χ0v) is 28.1. The molecule has 2 N–H and O–H groups in total. The second kappa shape index (κ2) is 18.7. The van der Waals surface area contributed by atoms with Crippen LogP contribution in [-0.4, -0.2) is 128 Å². The zero-order chi connectivity index (χ0) is 31.8. The van der Waals surface area contributed by atoms with Crippen LogP contribution in [-0.2, 0) is 23.8 Å². The fourth-order valence-corrected chi connectivity index (χ4v) is 4.47. The maximum atomic E-state index is 12.6. The minimum Gasteiger partial charge on any atom is -0.459 e. The number of rotatable bonds is 11. The number of nitrogens with zero attached hydrogens (tertiary/aromatic N) is 3. The van der Waals surface area contributed by atoms with Crippen molar-refractivity contribution in [3.63, 3.8) is 0 Å². The largest absolute Gasteiger partial charge is 0.459 e. The summed E-state index contributed by atoms with van der Waals surface area (Å²) in [5.41, 5.74) is -1.50. The number of unbranched alkanes of at least 4 members (excludes halogenated alkanes) is 3. The molecular weight excluding hydrogens is 538 g/mol. The molecule has 11 nitrogen and oxygen atoms in total.